The van der Waals surface area contributed by atoms with E-state index in [-0.39, 0.29) is 0 Å². The molecule has 0 spiro atoms. The van der Waals surface area contributed by atoms with E-state index < -0.39 is 5.97 Å². The number of aryl methyl sites for hydroxylation is 1. The number of anilines is 1. The zero-order valence-corrected chi connectivity index (χ0v) is 8.52. The van der Waals surface area contributed by atoms with Crippen molar-refractivity contribution in [1.82, 2.24) is 9.55 Å². The maximum Gasteiger partial charge on any atom is 0.340 e. The van der Waals surface area contributed by atoms with Crippen molar-refractivity contribution in [2.45, 2.75) is 0 Å². The lowest BCUT2D eigenvalue weighted by Crippen LogP contribution is -2.07. The van der Waals surface area contributed by atoms with Gasteiger partial charge in [0.05, 0.1) is 24.6 Å². The molecule has 2 N–H and O–H groups in total. The van der Waals surface area contributed by atoms with E-state index >= 15 is 0 Å². The van der Waals surface area contributed by atoms with Crippen LogP contribution in [0.25, 0.3) is 11.0 Å². The second-order valence-electron chi connectivity index (χ2n) is 3.24. The van der Waals surface area contributed by atoms with Gasteiger partial charge < -0.3 is 15.0 Å². The molecule has 0 saturated carbocycles. The van der Waals surface area contributed by atoms with E-state index in [2.05, 4.69) is 9.72 Å². The maximum absolute atomic E-state index is 11.5. The van der Waals surface area contributed by atoms with Crippen LogP contribution in [0.2, 0.25) is 0 Å². The van der Waals surface area contributed by atoms with Crippen LogP contribution in [0, 0.1) is 0 Å². The van der Waals surface area contributed by atoms with Crippen LogP contribution in [-0.4, -0.2) is 22.6 Å². The van der Waals surface area contributed by atoms with Crippen molar-refractivity contribution in [2.75, 3.05) is 12.8 Å². The van der Waals surface area contributed by atoms with E-state index in [1.807, 2.05) is 17.8 Å². The molecule has 0 bridgehead atoms. The van der Waals surface area contributed by atoms with Gasteiger partial charge in [0.2, 0.25) is 0 Å². The Morgan fingerprint density at radius 1 is 1.60 bits per heavy atom. The Bertz CT molecular complexity index is 531. The third kappa shape index (κ3) is 1.32. The number of pyridine rings is 1. The molecule has 15 heavy (non-hydrogen) atoms. The molecule has 5 nitrogen and oxygen atoms in total. The van der Waals surface area contributed by atoms with Gasteiger partial charge in [0.1, 0.15) is 5.65 Å². The largest absolute Gasteiger partial charge is 0.465 e. The van der Waals surface area contributed by atoms with Crippen LogP contribution in [0.1, 0.15) is 10.4 Å². The molecule has 78 valence electrons. The van der Waals surface area contributed by atoms with Crippen molar-refractivity contribution < 1.29 is 9.53 Å². The van der Waals surface area contributed by atoms with Crippen molar-refractivity contribution in [3.05, 3.63) is 24.0 Å². The minimum Gasteiger partial charge on any atom is -0.465 e. The lowest BCUT2D eigenvalue weighted by molar-refractivity contribution is 0.0604. The SMILES string of the molecule is COC(=O)c1c(N)cnc2c1ccn2C. The first-order valence-corrected chi connectivity index (χ1v) is 4.43. The number of fused-ring (bicyclic) bond motifs is 1. The number of methoxy groups -OCH3 is 1. The van der Waals surface area contributed by atoms with Crippen molar-refractivity contribution in [1.29, 1.82) is 0 Å². The van der Waals surface area contributed by atoms with Gasteiger partial charge in [-0.3, -0.25) is 0 Å². The van der Waals surface area contributed by atoms with E-state index in [1.165, 1.54) is 13.3 Å². The van der Waals surface area contributed by atoms with E-state index in [0.717, 1.165) is 0 Å². The molecule has 0 amide bonds. The predicted octanol–water partition coefficient (Wildman–Crippen LogP) is 0.942. The highest BCUT2D eigenvalue weighted by Gasteiger charge is 2.16. The molecule has 2 rings (SSSR count). The van der Waals surface area contributed by atoms with E-state index in [4.69, 9.17) is 5.73 Å². The molecule has 0 atom stereocenters. The summed E-state index contributed by atoms with van der Waals surface area (Å²) in [4.78, 5) is 15.7. The van der Waals surface area contributed by atoms with Gasteiger partial charge in [-0.1, -0.05) is 0 Å². The molecule has 0 radical (unpaired) electrons. The van der Waals surface area contributed by atoms with Gasteiger partial charge >= 0.3 is 5.97 Å². The van der Waals surface area contributed by atoms with Gasteiger partial charge in [0, 0.05) is 18.6 Å². The molecule has 0 aliphatic carbocycles. The van der Waals surface area contributed by atoms with Crippen LogP contribution >= 0.6 is 0 Å². The first-order valence-electron chi connectivity index (χ1n) is 4.43. The van der Waals surface area contributed by atoms with Gasteiger partial charge in [-0.2, -0.15) is 0 Å². The molecule has 2 aromatic rings. The van der Waals surface area contributed by atoms with Gasteiger partial charge in [0.15, 0.2) is 0 Å². The average molecular weight is 205 g/mol. The van der Waals surface area contributed by atoms with Gasteiger partial charge in [-0.15, -0.1) is 0 Å². The fourth-order valence-electron chi connectivity index (χ4n) is 1.56. The summed E-state index contributed by atoms with van der Waals surface area (Å²) < 4.78 is 6.50. The highest BCUT2D eigenvalue weighted by atomic mass is 16.5. The molecule has 0 aromatic carbocycles. The second kappa shape index (κ2) is 3.27. The molecule has 5 heteroatoms. The quantitative estimate of drug-likeness (QED) is 0.703. The van der Waals surface area contributed by atoms with Crippen molar-refractivity contribution in [2.24, 2.45) is 7.05 Å². The fourth-order valence-corrected chi connectivity index (χ4v) is 1.56. The number of nitrogen functional groups attached to an aromatic ring is 1. The number of hydrogen-bond acceptors (Lipinski definition) is 4. The average Bonchev–Trinajstić information content (AvgIpc) is 2.59. The number of hydrogen-bond donors (Lipinski definition) is 1. The molecule has 2 aromatic heterocycles. The first-order chi connectivity index (χ1) is 7.15. The summed E-state index contributed by atoms with van der Waals surface area (Å²) in [6.07, 6.45) is 3.29. The topological polar surface area (TPSA) is 70.1 Å². The summed E-state index contributed by atoms with van der Waals surface area (Å²) in [5.74, 6) is -0.439. The normalized spacial score (nSPS) is 10.5. The molecule has 0 fully saturated rings. The zero-order chi connectivity index (χ0) is 11.0. The highest BCUT2D eigenvalue weighted by molar-refractivity contribution is 6.07. The van der Waals surface area contributed by atoms with Crippen molar-refractivity contribution in [3.8, 4) is 0 Å². The number of nitrogens with two attached hydrogens (primary N) is 1. The highest BCUT2D eigenvalue weighted by Crippen LogP contribution is 2.23. The van der Waals surface area contributed by atoms with Crippen LogP contribution in [0.5, 0.6) is 0 Å². The number of carbonyl (C=O) groups excluding carboxylic acids is 1. The third-order valence-corrected chi connectivity index (χ3v) is 2.31. The standard InChI is InChI=1S/C10H11N3O2/c1-13-4-3-6-8(10(14)15-2)7(11)5-12-9(6)13/h3-5H,11H2,1-2H3. The summed E-state index contributed by atoms with van der Waals surface area (Å²) in [5, 5.41) is 0.712. The summed E-state index contributed by atoms with van der Waals surface area (Å²) in [6, 6.07) is 1.80. The zero-order valence-electron chi connectivity index (χ0n) is 8.52. The molecular weight excluding hydrogens is 194 g/mol. The summed E-state index contributed by atoms with van der Waals surface area (Å²) in [7, 11) is 3.18. The molecule has 0 saturated heterocycles. The minimum atomic E-state index is -0.439. The van der Waals surface area contributed by atoms with Crippen LogP contribution in [0.3, 0.4) is 0 Å². The molecular formula is C10H11N3O2. The Balaban J connectivity index is 2.80. The molecule has 2 heterocycles. The Hall–Kier alpha value is -2.04. The maximum atomic E-state index is 11.5. The summed E-state index contributed by atoms with van der Waals surface area (Å²) in [5.41, 5.74) is 7.12. The predicted molar refractivity (Wildman–Crippen MR) is 56.5 cm³/mol. The Morgan fingerprint density at radius 3 is 3.00 bits per heavy atom. The molecule has 0 aliphatic heterocycles. The lowest BCUT2D eigenvalue weighted by Gasteiger charge is -2.04. The summed E-state index contributed by atoms with van der Waals surface area (Å²) in [6.45, 7) is 0. The Kier molecular flexibility index (Phi) is 2.07. The van der Waals surface area contributed by atoms with Crippen LogP contribution in [-0.2, 0) is 11.8 Å². The number of carbonyl (C=O) groups is 1. The van der Waals surface area contributed by atoms with Crippen molar-refractivity contribution >= 4 is 22.7 Å². The third-order valence-electron chi connectivity index (χ3n) is 2.31. The smallest absolute Gasteiger partial charge is 0.340 e. The van der Waals surface area contributed by atoms with Crippen LogP contribution < -0.4 is 5.73 Å². The number of esters is 1. The fraction of sp³-hybridized carbons (Fsp3) is 0.200. The van der Waals surface area contributed by atoms with Crippen LogP contribution in [0.15, 0.2) is 18.5 Å². The Labute approximate surface area is 86.5 Å². The summed E-state index contributed by atoms with van der Waals surface area (Å²) >= 11 is 0. The number of ether oxygens (including phenoxy) is 1. The number of rotatable bonds is 1. The lowest BCUT2D eigenvalue weighted by atomic mass is 10.1. The van der Waals surface area contributed by atoms with Crippen molar-refractivity contribution in [3.63, 3.8) is 0 Å². The molecule has 0 unspecified atom stereocenters. The monoisotopic (exact) mass is 205 g/mol. The Morgan fingerprint density at radius 2 is 2.33 bits per heavy atom. The van der Waals surface area contributed by atoms with E-state index in [0.29, 0.717) is 22.3 Å². The number of aromatic nitrogens is 2. The van der Waals surface area contributed by atoms with E-state index in [9.17, 15) is 4.79 Å². The van der Waals surface area contributed by atoms with Gasteiger partial charge in [-0.25, -0.2) is 9.78 Å². The molecule has 0 aliphatic rings. The van der Waals surface area contributed by atoms with Gasteiger partial charge in [0.25, 0.3) is 0 Å². The second-order valence-corrected chi connectivity index (χ2v) is 3.24. The minimum absolute atomic E-state index is 0.334. The number of nitrogens with zero attached hydrogens (tertiary/aromatic N) is 2. The van der Waals surface area contributed by atoms with Crippen LogP contribution in [0.4, 0.5) is 5.69 Å². The first kappa shape index (κ1) is 9.51. The van der Waals surface area contributed by atoms with E-state index in [1.54, 1.807) is 6.07 Å². The van der Waals surface area contributed by atoms with Gasteiger partial charge in [-0.05, 0) is 6.07 Å².